The van der Waals surface area contributed by atoms with E-state index in [-0.39, 0.29) is 17.2 Å². The van der Waals surface area contributed by atoms with E-state index in [4.69, 9.17) is 0 Å². The lowest BCUT2D eigenvalue weighted by Crippen LogP contribution is -2.29. The van der Waals surface area contributed by atoms with Crippen LogP contribution in [0.1, 0.15) is 28.7 Å². The molecule has 0 aromatic carbocycles. The van der Waals surface area contributed by atoms with Gasteiger partial charge < -0.3 is 5.32 Å². The van der Waals surface area contributed by atoms with Crippen LogP contribution in [-0.2, 0) is 13.1 Å². The summed E-state index contributed by atoms with van der Waals surface area (Å²) in [6, 6.07) is 6.71. The van der Waals surface area contributed by atoms with Crippen molar-refractivity contribution in [1.29, 1.82) is 0 Å². The molecule has 20 heavy (non-hydrogen) atoms. The number of carbonyl (C=O) groups excluding carboxylic acids is 1. The summed E-state index contributed by atoms with van der Waals surface area (Å²) in [6.45, 7) is 2.91. The van der Waals surface area contributed by atoms with Gasteiger partial charge in [0.05, 0.1) is 10.3 Å². The van der Waals surface area contributed by atoms with Crippen LogP contribution in [0, 0.1) is 0 Å². The summed E-state index contributed by atoms with van der Waals surface area (Å²) in [7, 11) is 0. The number of hydrogen-bond acceptors (Lipinski definition) is 4. The molecule has 0 aliphatic carbocycles. The summed E-state index contributed by atoms with van der Waals surface area (Å²) in [5, 5.41) is 6.86. The molecule has 0 fully saturated rings. The number of aromatic nitrogens is 2. The SMILES string of the molecule is CCCn1nc(C(=O)NCc2ccc(Br)s2)ccc1=O. The third-order valence-corrected chi connectivity index (χ3v) is 4.21. The van der Waals surface area contributed by atoms with Crippen LogP contribution in [0.3, 0.4) is 0 Å². The van der Waals surface area contributed by atoms with E-state index in [1.54, 1.807) is 11.3 Å². The molecule has 106 valence electrons. The molecule has 0 spiro atoms. The second-order valence-corrected chi connectivity index (χ2v) is 6.72. The number of rotatable bonds is 5. The topological polar surface area (TPSA) is 64.0 Å². The minimum atomic E-state index is -0.278. The Labute approximate surface area is 128 Å². The van der Waals surface area contributed by atoms with Gasteiger partial charge in [-0.3, -0.25) is 9.59 Å². The van der Waals surface area contributed by atoms with Gasteiger partial charge in [0.25, 0.3) is 11.5 Å². The first-order valence-electron chi connectivity index (χ1n) is 6.20. The van der Waals surface area contributed by atoms with Gasteiger partial charge >= 0.3 is 0 Å². The molecule has 7 heteroatoms. The molecule has 0 atom stereocenters. The lowest BCUT2D eigenvalue weighted by atomic mass is 10.3. The average Bonchev–Trinajstić information content (AvgIpc) is 2.84. The van der Waals surface area contributed by atoms with Gasteiger partial charge in [-0.2, -0.15) is 5.10 Å². The molecule has 0 saturated heterocycles. The zero-order valence-electron chi connectivity index (χ0n) is 10.9. The number of halogens is 1. The van der Waals surface area contributed by atoms with Crippen LogP contribution in [-0.4, -0.2) is 15.7 Å². The van der Waals surface area contributed by atoms with Crippen molar-refractivity contribution >= 4 is 33.2 Å². The van der Waals surface area contributed by atoms with Crippen molar-refractivity contribution < 1.29 is 4.79 Å². The molecule has 2 heterocycles. The molecule has 0 aliphatic heterocycles. The number of aryl methyl sites for hydroxylation is 1. The summed E-state index contributed by atoms with van der Waals surface area (Å²) in [5.41, 5.74) is 0.0688. The largest absolute Gasteiger partial charge is 0.346 e. The first-order chi connectivity index (χ1) is 9.60. The molecule has 5 nitrogen and oxygen atoms in total. The lowest BCUT2D eigenvalue weighted by Gasteiger charge is -2.06. The van der Waals surface area contributed by atoms with Crippen molar-refractivity contribution in [1.82, 2.24) is 15.1 Å². The quantitative estimate of drug-likeness (QED) is 0.895. The Hall–Kier alpha value is -1.47. The van der Waals surface area contributed by atoms with Crippen molar-refractivity contribution in [3.63, 3.8) is 0 Å². The second kappa shape index (κ2) is 6.81. The van der Waals surface area contributed by atoms with E-state index in [2.05, 4.69) is 26.3 Å². The number of carbonyl (C=O) groups is 1. The molecule has 1 N–H and O–H groups in total. The Morgan fingerprint density at radius 2 is 2.20 bits per heavy atom. The van der Waals surface area contributed by atoms with Gasteiger partial charge in [0.15, 0.2) is 0 Å². The zero-order chi connectivity index (χ0) is 14.5. The van der Waals surface area contributed by atoms with E-state index in [1.807, 2.05) is 19.1 Å². The van der Waals surface area contributed by atoms with Gasteiger partial charge in [-0.15, -0.1) is 11.3 Å². The van der Waals surface area contributed by atoms with Gasteiger partial charge in [0.2, 0.25) is 0 Å². The summed E-state index contributed by atoms with van der Waals surface area (Å²) < 4.78 is 2.34. The van der Waals surface area contributed by atoms with E-state index in [0.29, 0.717) is 13.1 Å². The molecule has 0 radical (unpaired) electrons. The third kappa shape index (κ3) is 3.77. The Kier molecular flexibility index (Phi) is 5.08. The highest BCUT2D eigenvalue weighted by Crippen LogP contribution is 2.21. The summed E-state index contributed by atoms with van der Waals surface area (Å²) in [4.78, 5) is 24.6. The Morgan fingerprint density at radius 3 is 2.85 bits per heavy atom. The van der Waals surface area contributed by atoms with Gasteiger partial charge in [0.1, 0.15) is 5.69 Å². The summed E-state index contributed by atoms with van der Waals surface area (Å²) in [6.07, 6.45) is 0.793. The van der Waals surface area contributed by atoms with Gasteiger partial charge in [-0.1, -0.05) is 6.92 Å². The minimum Gasteiger partial charge on any atom is -0.346 e. The number of nitrogens with one attached hydrogen (secondary N) is 1. The van der Waals surface area contributed by atoms with Crippen LogP contribution < -0.4 is 10.9 Å². The normalized spacial score (nSPS) is 10.5. The highest BCUT2D eigenvalue weighted by atomic mass is 79.9. The van der Waals surface area contributed by atoms with E-state index in [9.17, 15) is 9.59 Å². The summed E-state index contributed by atoms with van der Waals surface area (Å²) in [5.74, 6) is -0.278. The Bertz CT molecular complexity index is 666. The van der Waals surface area contributed by atoms with Crippen molar-refractivity contribution in [2.75, 3.05) is 0 Å². The molecule has 0 saturated carbocycles. The standard InChI is InChI=1S/C13H14BrN3O2S/c1-2-7-17-12(18)6-4-10(16-17)13(19)15-8-9-3-5-11(14)20-9/h3-6H,2,7-8H2,1H3,(H,15,19). The van der Waals surface area contributed by atoms with Crippen LogP contribution >= 0.6 is 27.3 Å². The molecule has 1 amide bonds. The van der Waals surface area contributed by atoms with E-state index >= 15 is 0 Å². The van der Waals surface area contributed by atoms with Crippen LogP contribution in [0.15, 0.2) is 32.8 Å². The molecule has 0 aliphatic rings. The van der Waals surface area contributed by atoms with Gasteiger partial charge in [0, 0.05) is 17.5 Å². The van der Waals surface area contributed by atoms with Crippen LogP contribution in [0.2, 0.25) is 0 Å². The van der Waals surface area contributed by atoms with Crippen molar-refractivity contribution in [2.24, 2.45) is 0 Å². The molecule has 2 aromatic rings. The number of hydrogen-bond donors (Lipinski definition) is 1. The third-order valence-electron chi connectivity index (χ3n) is 2.59. The molecular weight excluding hydrogens is 342 g/mol. The Balaban J connectivity index is 2.05. The fourth-order valence-electron chi connectivity index (χ4n) is 1.65. The maximum Gasteiger partial charge on any atom is 0.272 e. The highest BCUT2D eigenvalue weighted by molar-refractivity contribution is 9.11. The summed E-state index contributed by atoms with van der Waals surface area (Å²) >= 11 is 4.94. The Morgan fingerprint density at radius 1 is 1.40 bits per heavy atom. The number of amides is 1. The molecule has 2 aromatic heterocycles. The maximum atomic E-state index is 12.0. The first kappa shape index (κ1) is 14.9. The highest BCUT2D eigenvalue weighted by Gasteiger charge is 2.09. The fraction of sp³-hybridized carbons (Fsp3) is 0.308. The van der Waals surface area contributed by atoms with Gasteiger partial charge in [-0.25, -0.2) is 4.68 Å². The maximum absolute atomic E-state index is 12.0. The van der Waals surface area contributed by atoms with E-state index in [1.165, 1.54) is 16.8 Å². The van der Waals surface area contributed by atoms with Crippen LogP contribution in [0.5, 0.6) is 0 Å². The zero-order valence-corrected chi connectivity index (χ0v) is 13.3. The van der Waals surface area contributed by atoms with Crippen molar-refractivity contribution in [3.8, 4) is 0 Å². The number of thiophene rings is 1. The smallest absolute Gasteiger partial charge is 0.272 e. The van der Waals surface area contributed by atoms with Crippen LogP contribution in [0.25, 0.3) is 0 Å². The van der Waals surface area contributed by atoms with Crippen LogP contribution in [0.4, 0.5) is 0 Å². The minimum absolute atomic E-state index is 0.189. The monoisotopic (exact) mass is 355 g/mol. The molecule has 2 rings (SSSR count). The van der Waals surface area contributed by atoms with E-state index < -0.39 is 0 Å². The fourth-order valence-corrected chi connectivity index (χ4v) is 3.07. The predicted molar refractivity (Wildman–Crippen MR) is 82.0 cm³/mol. The molecule has 0 bridgehead atoms. The van der Waals surface area contributed by atoms with Crippen molar-refractivity contribution in [2.45, 2.75) is 26.4 Å². The average molecular weight is 356 g/mol. The van der Waals surface area contributed by atoms with Gasteiger partial charge in [-0.05, 0) is 40.5 Å². The predicted octanol–water partition coefficient (Wildman–Crippen LogP) is 2.41. The lowest BCUT2D eigenvalue weighted by molar-refractivity contribution is 0.0943. The molecule has 0 unspecified atom stereocenters. The van der Waals surface area contributed by atoms with E-state index in [0.717, 1.165) is 15.1 Å². The molecular formula is C13H14BrN3O2S. The number of nitrogens with zero attached hydrogens (tertiary/aromatic N) is 2. The second-order valence-electron chi connectivity index (χ2n) is 4.17. The first-order valence-corrected chi connectivity index (χ1v) is 7.81. The van der Waals surface area contributed by atoms with Crippen molar-refractivity contribution in [3.05, 3.63) is 49.0 Å².